The SMILES string of the molecule is Cc1cc(=O)c(CNC(=O)I)c(-c2ccncc2)[nH]1. The Morgan fingerprint density at radius 2 is 2.11 bits per heavy atom. The molecule has 5 nitrogen and oxygen atoms in total. The van der Waals surface area contributed by atoms with Crippen molar-refractivity contribution in [3.8, 4) is 11.3 Å². The molecular formula is C13H12IN3O2. The molecular weight excluding hydrogens is 357 g/mol. The Hall–Kier alpha value is -1.70. The fraction of sp³-hybridized carbons (Fsp3) is 0.154. The van der Waals surface area contributed by atoms with E-state index in [9.17, 15) is 9.59 Å². The third-order valence-corrected chi connectivity index (χ3v) is 3.02. The third-order valence-electron chi connectivity index (χ3n) is 2.64. The summed E-state index contributed by atoms with van der Waals surface area (Å²) in [5.41, 5.74) is 2.82. The van der Waals surface area contributed by atoms with Gasteiger partial charge in [0, 0.05) is 64.4 Å². The fourth-order valence-electron chi connectivity index (χ4n) is 1.81. The number of hydrogen-bond acceptors (Lipinski definition) is 3. The predicted octanol–water partition coefficient (Wildman–Crippen LogP) is 2.39. The lowest BCUT2D eigenvalue weighted by Gasteiger charge is -2.10. The zero-order chi connectivity index (χ0) is 13.8. The van der Waals surface area contributed by atoms with Crippen molar-refractivity contribution in [2.45, 2.75) is 13.5 Å². The molecule has 2 heterocycles. The Morgan fingerprint density at radius 1 is 1.42 bits per heavy atom. The number of nitrogens with zero attached hydrogens (tertiary/aromatic N) is 1. The summed E-state index contributed by atoms with van der Waals surface area (Å²) in [5.74, 6) is 0. The molecule has 98 valence electrons. The lowest BCUT2D eigenvalue weighted by molar-refractivity contribution is 0.262. The van der Waals surface area contributed by atoms with Gasteiger partial charge in [0.15, 0.2) is 5.43 Å². The second-order valence-corrected chi connectivity index (χ2v) is 5.01. The number of aromatic nitrogens is 2. The molecule has 0 spiro atoms. The minimum absolute atomic E-state index is 0.0896. The van der Waals surface area contributed by atoms with E-state index in [4.69, 9.17) is 0 Å². The zero-order valence-electron chi connectivity index (χ0n) is 10.2. The quantitative estimate of drug-likeness (QED) is 0.496. The molecule has 2 aromatic heterocycles. The van der Waals surface area contributed by atoms with Crippen molar-refractivity contribution in [2.24, 2.45) is 0 Å². The molecule has 0 radical (unpaired) electrons. The standard InChI is InChI=1S/C13H12IN3O2/c1-8-6-11(18)10(7-16-13(14)19)12(17-8)9-2-4-15-5-3-9/h2-6H,7H2,1H3,(H,16,19)(H,17,18). The van der Waals surface area contributed by atoms with E-state index in [1.165, 1.54) is 6.07 Å². The van der Waals surface area contributed by atoms with Gasteiger partial charge in [0.2, 0.25) is 0 Å². The maximum atomic E-state index is 12.1. The van der Waals surface area contributed by atoms with Gasteiger partial charge in [0.1, 0.15) is 0 Å². The van der Waals surface area contributed by atoms with Crippen LogP contribution in [0.15, 0.2) is 35.4 Å². The zero-order valence-corrected chi connectivity index (χ0v) is 12.4. The first-order valence-corrected chi connectivity index (χ1v) is 6.72. The lowest BCUT2D eigenvalue weighted by atomic mass is 10.1. The average Bonchev–Trinajstić information content (AvgIpc) is 2.37. The van der Waals surface area contributed by atoms with Gasteiger partial charge in [0.05, 0.1) is 5.69 Å². The van der Waals surface area contributed by atoms with Crippen molar-refractivity contribution < 1.29 is 4.79 Å². The largest absolute Gasteiger partial charge is 0.358 e. The van der Waals surface area contributed by atoms with E-state index >= 15 is 0 Å². The summed E-state index contributed by atoms with van der Waals surface area (Å²) in [4.78, 5) is 30.2. The van der Waals surface area contributed by atoms with Gasteiger partial charge >= 0.3 is 0 Å². The minimum Gasteiger partial charge on any atom is -0.358 e. The first-order valence-electron chi connectivity index (χ1n) is 5.64. The summed E-state index contributed by atoms with van der Waals surface area (Å²) in [5, 5.41) is 2.64. The van der Waals surface area contributed by atoms with Gasteiger partial charge in [-0.25, -0.2) is 0 Å². The van der Waals surface area contributed by atoms with Crippen LogP contribution in [-0.2, 0) is 6.54 Å². The molecule has 0 saturated carbocycles. The Morgan fingerprint density at radius 3 is 2.74 bits per heavy atom. The van der Waals surface area contributed by atoms with Crippen LogP contribution in [0.4, 0.5) is 4.79 Å². The van der Waals surface area contributed by atoms with Crippen LogP contribution >= 0.6 is 22.6 Å². The van der Waals surface area contributed by atoms with Crippen molar-refractivity contribution >= 4 is 26.5 Å². The molecule has 19 heavy (non-hydrogen) atoms. The highest BCUT2D eigenvalue weighted by Gasteiger charge is 2.11. The minimum atomic E-state index is -0.196. The number of H-pyrrole nitrogens is 1. The Labute approximate surface area is 123 Å². The van der Waals surface area contributed by atoms with E-state index in [0.717, 1.165) is 17.0 Å². The molecule has 0 atom stereocenters. The van der Waals surface area contributed by atoms with Crippen LogP contribution in [0.1, 0.15) is 11.3 Å². The van der Waals surface area contributed by atoms with E-state index in [-0.39, 0.29) is 15.9 Å². The molecule has 2 N–H and O–H groups in total. The smallest absolute Gasteiger partial charge is 0.280 e. The fourth-order valence-corrected chi connectivity index (χ4v) is 2.00. The monoisotopic (exact) mass is 369 g/mol. The molecule has 0 bridgehead atoms. The van der Waals surface area contributed by atoms with Crippen molar-refractivity contribution in [2.75, 3.05) is 0 Å². The topological polar surface area (TPSA) is 74.8 Å². The summed E-state index contributed by atoms with van der Waals surface area (Å²) >= 11 is 1.64. The van der Waals surface area contributed by atoms with Crippen LogP contribution in [0.5, 0.6) is 0 Å². The molecule has 0 aliphatic carbocycles. The van der Waals surface area contributed by atoms with Crippen LogP contribution in [0.2, 0.25) is 0 Å². The second-order valence-electron chi connectivity index (χ2n) is 4.03. The maximum absolute atomic E-state index is 12.1. The van der Waals surface area contributed by atoms with E-state index in [2.05, 4.69) is 15.3 Å². The number of nitrogens with one attached hydrogen (secondary N) is 2. The van der Waals surface area contributed by atoms with Gasteiger partial charge in [-0.2, -0.15) is 0 Å². The van der Waals surface area contributed by atoms with Crippen molar-refractivity contribution in [1.29, 1.82) is 0 Å². The maximum Gasteiger partial charge on any atom is 0.280 e. The molecule has 2 aromatic rings. The molecule has 0 aliphatic rings. The van der Waals surface area contributed by atoms with Gasteiger partial charge in [-0.15, -0.1) is 0 Å². The number of aromatic amines is 1. The molecule has 0 aromatic carbocycles. The van der Waals surface area contributed by atoms with Crippen LogP contribution in [-0.4, -0.2) is 13.9 Å². The summed E-state index contributed by atoms with van der Waals surface area (Å²) in [6.07, 6.45) is 3.33. The molecule has 6 heteroatoms. The third kappa shape index (κ3) is 3.40. The molecule has 0 unspecified atom stereocenters. The molecule has 0 saturated heterocycles. The highest BCUT2D eigenvalue weighted by molar-refractivity contribution is 14.1. The van der Waals surface area contributed by atoms with Crippen LogP contribution in [0, 0.1) is 6.92 Å². The van der Waals surface area contributed by atoms with Gasteiger partial charge in [0.25, 0.3) is 3.91 Å². The molecule has 0 aliphatic heterocycles. The number of rotatable bonds is 3. The molecule has 0 fully saturated rings. The first-order chi connectivity index (χ1) is 9.08. The van der Waals surface area contributed by atoms with E-state index < -0.39 is 0 Å². The normalized spacial score (nSPS) is 10.2. The molecule has 2 rings (SSSR count). The number of aryl methyl sites for hydroxylation is 1. The predicted molar refractivity (Wildman–Crippen MR) is 81.3 cm³/mol. The summed E-state index contributed by atoms with van der Waals surface area (Å²) in [6, 6.07) is 5.17. The number of carbonyl (C=O) groups is 1. The Balaban J connectivity index is 2.52. The van der Waals surface area contributed by atoms with Crippen LogP contribution in [0.3, 0.4) is 0 Å². The second kappa shape index (κ2) is 5.96. The van der Waals surface area contributed by atoms with Crippen molar-refractivity contribution in [1.82, 2.24) is 15.3 Å². The number of hydrogen-bond donors (Lipinski definition) is 2. The first kappa shape index (κ1) is 13.7. The van der Waals surface area contributed by atoms with Crippen LogP contribution < -0.4 is 10.7 Å². The average molecular weight is 369 g/mol. The van der Waals surface area contributed by atoms with E-state index in [1.807, 2.05) is 19.1 Å². The Bertz CT molecular complexity index is 653. The summed E-state index contributed by atoms with van der Waals surface area (Å²) in [6.45, 7) is 2.03. The summed E-state index contributed by atoms with van der Waals surface area (Å²) < 4.78 is -0.196. The summed E-state index contributed by atoms with van der Waals surface area (Å²) in [7, 11) is 0. The van der Waals surface area contributed by atoms with Gasteiger partial charge in [-0.05, 0) is 19.1 Å². The van der Waals surface area contributed by atoms with Gasteiger partial charge < -0.3 is 10.3 Å². The number of amides is 1. The highest BCUT2D eigenvalue weighted by atomic mass is 127. The van der Waals surface area contributed by atoms with Crippen LogP contribution in [0.25, 0.3) is 11.3 Å². The van der Waals surface area contributed by atoms with E-state index in [1.54, 1.807) is 35.0 Å². The lowest BCUT2D eigenvalue weighted by Crippen LogP contribution is -2.22. The van der Waals surface area contributed by atoms with Crippen molar-refractivity contribution in [3.05, 3.63) is 52.1 Å². The Kier molecular flexibility index (Phi) is 4.31. The number of pyridine rings is 2. The van der Waals surface area contributed by atoms with E-state index in [0.29, 0.717) is 5.56 Å². The van der Waals surface area contributed by atoms with Gasteiger partial charge in [-0.3, -0.25) is 14.6 Å². The molecule has 1 amide bonds. The number of halogens is 1. The van der Waals surface area contributed by atoms with Gasteiger partial charge in [-0.1, -0.05) is 0 Å². The van der Waals surface area contributed by atoms with Crippen molar-refractivity contribution in [3.63, 3.8) is 0 Å². The highest BCUT2D eigenvalue weighted by Crippen LogP contribution is 2.18. The number of carbonyl (C=O) groups excluding carboxylic acids is 1.